The number of hydrogen-bond donors (Lipinski definition) is 1. The van der Waals surface area contributed by atoms with Crippen LogP contribution in [-0.2, 0) is 16.2 Å². The van der Waals surface area contributed by atoms with Crippen molar-refractivity contribution in [3.05, 3.63) is 28.8 Å². The van der Waals surface area contributed by atoms with Gasteiger partial charge in [-0.2, -0.15) is 0 Å². The minimum atomic E-state index is -0.0560. The van der Waals surface area contributed by atoms with Gasteiger partial charge < -0.3 is 5.11 Å². The molecule has 0 aliphatic rings. The molecule has 0 fully saturated rings. The summed E-state index contributed by atoms with van der Waals surface area (Å²) in [7, 11) is 0. The van der Waals surface area contributed by atoms with Gasteiger partial charge in [-0.25, -0.2) is 0 Å². The molecule has 1 aromatic rings. The monoisotopic (exact) mass is 318 g/mol. The molecule has 1 nitrogen and oxygen atoms in total. The summed E-state index contributed by atoms with van der Waals surface area (Å²) in [6.45, 7) is 20.1. The number of hydrogen-bond acceptors (Lipinski definition) is 1. The Morgan fingerprint density at radius 2 is 1.30 bits per heavy atom. The minimum absolute atomic E-state index is 0.000509. The quantitative estimate of drug-likeness (QED) is 0.589. The average molecular weight is 319 g/mol. The summed E-state index contributed by atoms with van der Waals surface area (Å²) in [6.07, 6.45) is 4.83. The van der Waals surface area contributed by atoms with Crippen molar-refractivity contribution in [2.45, 2.75) is 104 Å². The lowest BCUT2D eigenvalue weighted by atomic mass is 9.72. The molecule has 0 bridgehead atoms. The molecule has 0 saturated carbocycles. The Balaban J connectivity index is 3.46. The summed E-state index contributed by atoms with van der Waals surface area (Å²) in [5, 5.41) is 11.0. The van der Waals surface area contributed by atoms with Gasteiger partial charge in [-0.05, 0) is 33.8 Å². The first-order valence-corrected chi connectivity index (χ1v) is 9.19. The van der Waals surface area contributed by atoms with Crippen LogP contribution in [0.15, 0.2) is 12.1 Å². The molecular formula is C22H38O. The van der Waals surface area contributed by atoms with E-state index in [9.17, 15) is 5.11 Å². The minimum Gasteiger partial charge on any atom is -0.507 e. The fourth-order valence-electron chi connectivity index (χ4n) is 3.11. The number of rotatable bonds is 5. The molecule has 0 atom stereocenters. The first kappa shape index (κ1) is 20.1. The first-order valence-electron chi connectivity index (χ1n) is 9.19. The van der Waals surface area contributed by atoms with E-state index in [1.165, 1.54) is 24.8 Å². The Hall–Kier alpha value is -0.980. The number of unbranched alkanes of at least 4 members (excludes halogenated alkanes) is 2. The number of phenols is 1. The summed E-state index contributed by atoms with van der Waals surface area (Å²) in [4.78, 5) is 0. The number of aromatic hydroxyl groups is 1. The van der Waals surface area contributed by atoms with Crippen LogP contribution in [0.2, 0.25) is 0 Å². The fourth-order valence-corrected chi connectivity index (χ4v) is 3.11. The molecule has 0 unspecified atom stereocenters. The van der Waals surface area contributed by atoms with Crippen molar-refractivity contribution in [2.24, 2.45) is 0 Å². The molecule has 0 aliphatic carbocycles. The highest BCUT2D eigenvalue weighted by atomic mass is 16.3. The van der Waals surface area contributed by atoms with E-state index in [0.717, 1.165) is 17.5 Å². The molecule has 0 amide bonds. The second-order valence-electron chi connectivity index (χ2n) is 9.76. The van der Waals surface area contributed by atoms with Gasteiger partial charge in [0.05, 0.1) is 0 Å². The average Bonchev–Trinajstić information content (AvgIpc) is 2.36. The fraction of sp³-hybridized carbons (Fsp3) is 0.727. The molecule has 0 aliphatic heterocycles. The lowest BCUT2D eigenvalue weighted by molar-refractivity contribution is 0.393. The predicted molar refractivity (Wildman–Crippen MR) is 103 cm³/mol. The molecule has 1 rings (SSSR count). The van der Waals surface area contributed by atoms with E-state index >= 15 is 0 Å². The third-order valence-corrected chi connectivity index (χ3v) is 4.92. The Morgan fingerprint density at radius 1 is 0.783 bits per heavy atom. The van der Waals surface area contributed by atoms with Crippen LogP contribution in [0.5, 0.6) is 5.75 Å². The van der Waals surface area contributed by atoms with Crippen LogP contribution >= 0.6 is 0 Å². The van der Waals surface area contributed by atoms with E-state index in [1.807, 2.05) is 0 Å². The van der Waals surface area contributed by atoms with Crippen molar-refractivity contribution in [2.75, 3.05) is 0 Å². The van der Waals surface area contributed by atoms with Gasteiger partial charge in [-0.3, -0.25) is 0 Å². The van der Waals surface area contributed by atoms with Crippen LogP contribution in [0.1, 0.15) is 105 Å². The summed E-state index contributed by atoms with van der Waals surface area (Å²) >= 11 is 0. The van der Waals surface area contributed by atoms with E-state index < -0.39 is 0 Å². The van der Waals surface area contributed by atoms with Crippen LogP contribution in [0.4, 0.5) is 0 Å². The van der Waals surface area contributed by atoms with Gasteiger partial charge in [0, 0.05) is 5.56 Å². The highest BCUT2D eigenvalue weighted by molar-refractivity contribution is 5.51. The lowest BCUT2D eigenvalue weighted by Crippen LogP contribution is -2.23. The van der Waals surface area contributed by atoms with Gasteiger partial charge in [0.15, 0.2) is 0 Å². The van der Waals surface area contributed by atoms with Crippen LogP contribution in [0.25, 0.3) is 0 Å². The van der Waals surface area contributed by atoms with E-state index in [1.54, 1.807) is 0 Å². The summed E-state index contributed by atoms with van der Waals surface area (Å²) < 4.78 is 0. The van der Waals surface area contributed by atoms with Gasteiger partial charge >= 0.3 is 0 Å². The van der Waals surface area contributed by atoms with Crippen molar-refractivity contribution in [3.63, 3.8) is 0 Å². The molecule has 0 aromatic heterocycles. The summed E-state index contributed by atoms with van der Waals surface area (Å²) in [5.41, 5.74) is 3.54. The Kier molecular flexibility index (Phi) is 5.99. The molecule has 1 N–H and O–H groups in total. The van der Waals surface area contributed by atoms with E-state index in [4.69, 9.17) is 0 Å². The number of benzene rings is 1. The van der Waals surface area contributed by atoms with Crippen molar-refractivity contribution in [1.29, 1.82) is 0 Å². The SMILES string of the molecule is CCCCCC(C)(C)c1cc(C(C)(C)C)cc(C(C)(C)C)c1O. The predicted octanol–water partition coefficient (Wildman–Crippen LogP) is 6.85. The molecule has 23 heavy (non-hydrogen) atoms. The molecule has 0 heterocycles. The lowest BCUT2D eigenvalue weighted by Gasteiger charge is -2.33. The molecule has 0 spiro atoms. The Morgan fingerprint density at radius 3 is 1.74 bits per heavy atom. The Labute approximate surface area is 144 Å². The highest BCUT2D eigenvalue weighted by Crippen LogP contribution is 2.43. The second-order valence-corrected chi connectivity index (χ2v) is 9.76. The maximum atomic E-state index is 11.0. The van der Waals surface area contributed by atoms with Gasteiger partial charge in [0.25, 0.3) is 0 Å². The van der Waals surface area contributed by atoms with Gasteiger partial charge in [0.2, 0.25) is 0 Å². The molecular weight excluding hydrogens is 280 g/mol. The molecule has 1 aromatic carbocycles. The van der Waals surface area contributed by atoms with Crippen molar-refractivity contribution >= 4 is 0 Å². The maximum absolute atomic E-state index is 11.0. The van der Waals surface area contributed by atoms with Crippen LogP contribution < -0.4 is 0 Å². The standard InChI is InChI=1S/C22H38O/c1-10-11-12-13-22(8,9)18-15-16(20(2,3)4)14-17(19(18)23)21(5,6)7/h14-15,23H,10-13H2,1-9H3. The number of phenolic OH excluding ortho intramolecular Hbond substituents is 1. The maximum Gasteiger partial charge on any atom is 0.123 e. The zero-order valence-electron chi connectivity index (χ0n) is 16.9. The van der Waals surface area contributed by atoms with Crippen molar-refractivity contribution < 1.29 is 5.11 Å². The Bertz CT molecular complexity index is 524. The smallest absolute Gasteiger partial charge is 0.123 e. The van der Waals surface area contributed by atoms with E-state index in [2.05, 4.69) is 74.4 Å². The largest absolute Gasteiger partial charge is 0.507 e. The second kappa shape index (κ2) is 6.87. The molecule has 0 saturated heterocycles. The van der Waals surface area contributed by atoms with Gasteiger partial charge in [0.1, 0.15) is 5.75 Å². The van der Waals surface area contributed by atoms with Crippen molar-refractivity contribution in [1.82, 2.24) is 0 Å². The molecule has 1 heteroatoms. The van der Waals surface area contributed by atoms with E-state index in [-0.39, 0.29) is 16.2 Å². The van der Waals surface area contributed by atoms with Crippen molar-refractivity contribution in [3.8, 4) is 5.75 Å². The third-order valence-electron chi connectivity index (χ3n) is 4.92. The molecule has 132 valence electrons. The van der Waals surface area contributed by atoms with Gasteiger partial charge in [-0.1, -0.05) is 93.7 Å². The van der Waals surface area contributed by atoms with Crippen LogP contribution in [0, 0.1) is 0 Å². The van der Waals surface area contributed by atoms with Crippen LogP contribution in [0.3, 0.4) is 0 Å². The topological polar surface area (TPSA) is 20.2 Å². The molecule has 0 radical (unpaired) electrons. The normalized spacial score (nSPS) is 13.4. The zero-order chi connectivity index (χ0) is 18.1. The zero-order valence-corrected chi connectivity index (χ0v) is 16.9. The third kappa shape index (κ3) is 4.99. The first-order chi connectivity index (χ1) is 10.3. The summed E-state index contributed by atoms with van der Waals surface area (Å²) in [5.74, 6) is 0.506. The van der Waals surface area contributed by atoms with Crippen LogP contribution in [-0.4, -0.2) is 5.11 Å². The van der Waals surface area contributed by atoms with Gasteiger partial charge in [-0.15, -0.1) is 0 Å². The van der Waals surface area contributed by atoms with E-state index in [0.29, 0.717) is 5.75 Å². The summed E-state index contributed by atoms with van der Waals surface area (Å²) in [6, 6.07) is 4.46. The highest BCUT2D eigenvalue weighted by Gasteiger charge is 2.30.